The van der Waals surface area contributed by atoms with Crippen molar-refractivity contribution in [2.45, 2.75) is 98.6 Å². The highest BCUT2D eigenvalue weighted by Gasteiger charge is 2.64. The number of fused-ring (bicyclic) bond motifs is 5. The van der Waals surface area contributed by atoms with Crippen LogP contribution in [-0.4, -0.2) is 83.5 Å². The first-order chi connectivity index (χ1) is 16.1. The summed E-state index contributed by atoms with van der Waals surface area (Å²) in [5.74, 6) is -2.76. The third kappa shape index (κ3) is 3.93. The maximum atomic E-state index is 13.5. The fraction of sp³-hybridized carbons (Fsp3) is 0.708. The van der Waals surface area contributed by atoms with Crippen LogP contribution in [0.25, 0.3) is 0 Å². The summed E-state index contributed by atoms with van der Waals surface area (Å²) in [6.07, 6.45) is -5.79. The van der Waals surface area contributed by atoms with Crippen LogP contribution in [0.3, 0.4) is 0 Å². The van der Waals surface area contributed by atoms with E-state index in [9.17, 15) is 9.90 Å². The Morgan fingerprint density at radius 3 is 2.35 bits per heavy atom. The minimum Gasteiger partial charge on any atom is -0.390 e. The summed E-state index contributed by atoms with van der Waals surface area (Å²) in [6, 6.07) is 9.70. The van der Waals surface area contributed by atoms with Gasteiger partial charge in [0.15, 0.2) is 29.9 Å². The predicted molar refractivity (Wildman–Crippen MR) is 118 cm³/mol. The van der Waals surface area contributed by atoms with E-state index >= 15 is 0 Å². The van der Waals surface area contributed by atoms with E-state index in [0.29, 0.717) is 0 Å². The first-order valence-corrected chi connectivity index (χ1v) is 12.6. The van der Waals surface area contributed by atoms with E-state index in [-0.39, 0.29) is 12.4 Å². The topological polar surface area (TPSA) is 102 Å². The number of carbonyl (C=O) groups excluding carboxylic acids is 1. The van der Waals surface area contributed by atoms with Crippen LogP contribution in [-0.2, 0) is 38.0 Å². The Morgan fingerprint density at radius 1 is 0.912 bits per heavy atom. The molecule has 5 aliphatic heterocycles. The lowest BCUT2D eigenvalue weighted by atomic mass is 9.82. The zero-order valence-electron chi connectivity index (χ0n) is 19.5. The van der Waals surface area contributed by atoms with Crippen LogP contribution in [0.1, 0.15) is 27.7 Å². The molecular formula is C24H30O9S. The average molecular weight is 495 g/mol. The number of thioether (sulfide) groups is 1. The van der Waals surface area contributed by atoms with Crippen LogP contribution in [0, 0.1) is 5.92 Å². The molecule has 0 saturated carbocycles. The molecule has 10 heteroatoms. The van der Waals surface area contributed by atoms with Crippen LogP contribution in [0.15, 0.2) is 35.2 Å². The minimum atomic E-state index is -1.19. The Morgan fingerprint density at radius 2 is 1.59 bits per heavy atom. The first kappa shape index (κ1) is 23.3. The number of hydrogen-bond donors (Lipinski definition) is 1. The zero-order chi connectivity index (χ0) is 23.8. The molecule has 6 rings (SSSR count). The van der Waals surface area contributed by atoms with Gasteiger partial charge in [0.05, 0.1) is 23.9 Å². The molecule has 34 heavy (non-hydrogen) atoms. The molecule has 5 heterocycles. The third-order valence-corrected chi connectivity index (χ3v) is 8.22. The SMILES string of the molecule is CC1(C)O[C@H]2[C@@H](O1)[C@@H](C(O)[C@H]1C(=O)[C@H]3CO[C@H](O3)[C@@H]1Sc1ccccc1)O[C@@H]1OC(C)(C)O[C@@H]12. The van der Waals surface area contributed by atoms with E-state index in [1.165, 1.54) is 11.8 Å². The number of hydrogen-bond acceptors (Lipinski definition) is 10. The van der Waals surface area contributed by atoms with Gasteiger partial charge in [-0.15, -0.1) is 11.8 Å². The van der Waals surface area contributed by atoms with Gasteiger partial charge in [-0.3, -0.25) is 4.79 Å². The van der Waals surface area contributed by atoms with E-state index in [4.69, 9.17) is 33.2 Å². The number of aliphatic hydroxyl groups excluding tert-OH is 1. The van der Waals surface area contributed by atoms with Crippen LogP contribution in [0.2, 0.25) is 0 Å². The number of rotatable bonds is 4. The van der Waals surface area contributed by atoms with E-state index in [0.717, 1.165) is 4.90 Å². The van der Waals surface area contributed by atoms with Gasteiger partial charge in [-0.2, -0.15) is 0 Å². The quantitative estimate of drug-likeness (QED) is 0.667. The molecule has 1 N–H and O–H groups in total. The Labute approximate surface area is 202 Å². The molecule has 1 aromatic carbocycles. The molecule has 0 aliphatic carbocycles. The number of ketones is 1. The van der Waals surface area contributed by atoms with Crippen molar-refractivity contribution in [3.63, 3.8) is 0 Å². The van der Waals surface area contributed by atoms with Crippen molar-refractivity contribution >= 4 is 17.5 Å². The molecule has 5 aliphatic rings. The Balaban J connectivity index is 1.32. The molecule has 5 saturated heterocycles. The Hall–Kier alpha value is -1.08. The summed E-state index contributed by atoms with van der Waals surface area (Å²) in [5, 5.41) is 11.3. The summed E-state index contributed by atoms with van der Waals surface area (Å²) in [6.45, 7) is 7.41. The van der Waals surface area contributed by atoms with Gasteiger partial charge in [0, 0.05) is 4.90 Å². The Kier molecular flexibility index (Phi) is 5.64. The van der Waals surface area contributed by atoms with Gasteiger partial charge in [-0.05, 0) is 39.8 Å². The first-order valence-electron chi connectivity index (χ1n) is 11.7. The van der Waals surface area contributed by atoms with Crippen molar-refractivity contribution in [1.29, 1.82) is 0 Å². The molecule has 10 atom stereocenters. The normalized spacial score (nSPS) is 45.1. The summed E-state index contributed by atoms with van der Waals surface area (Å²) in [4.78, 5) is 14.4. The van der Waals surface area contributed by atoms with Gasteiger partial charge in [-0.1, -0.05) is 18.2 Å². The molecule has 0 spiro atoms. The highest BCUT2D eigenvalue weighted by Crippen LogP contribution is 2.48. The van der Waals surface area contributed by atoms with Crippen molar-refractivity contribution in [3.8, 4) is 0 Å². The highest BCUT2D eigenvalue weighted by molar-refractivity contribution is 8.00. The summed E-state index contributed by atoms with van der Waals surface area (Å²) in [5.41, 5.74) is 0. The van der Waals surface area contributed by atoms with E-state index < -0.39 is 71.9 Å². The number of ether oxygens (including phenoxy) is 7. The second-order valence-corrected chi connectivity index (χ2v) is 11.5. The van der Waals surface area contributed by atoms with Crippen LogP contribution in [0.4, 0.5) is 0 Å². The summed E-state index contributed by atoms with van der Waals surface area (Å²) < 4.78 is 42.3. The van der Waals surface area contributed by atoms with Crippen molar-refractivity contribution in [3.05, 3.63) is 30.3 Å². The molecule has 186 valence electrons. The predicted octanol–water partition coefficient (Wildman–Crippen LogP) is 1.85. The Bertz CT molecular complexity index is 940. The maximum absolute atomic E-state index is 13.5. The van der Waals surface area contributed by atoms with Gasteiger partial charge >= 0.3 is 0 Å². The molecule has 1 unspecified atom stereocenters. The fourth-order valence-electron chi connectivity index (χ4n) is 5.56. The monoisotopic (exact) mass is 494 g/mol. The van der Waals surface area contributed by atoms with Crippen LogP contribution in [0.5, 0.6) is 0 Å². The third-order valence-electron chi connectivity index (χ3n) is 6.89. The number of aliphatic hydroxyl groups is 1. The standard InChI is InChI=1S/C24H30O9S/c1-23(2)30-17-16(29-21-19(18(17)31-23)32-24(3,4)33-21)15(26)13-14(25)12-10-27-22(28-12)20(13)34-11-8-6-5-7-9-11/h5-9,12-13,15-22,26H,10H2,1-4H3/t12-,13-,15?,16-,17+,18+,19-,20-,21-,22-/m1/s1. The minimum absolute atomic E-state index is 0.179. The van der Waals surface area contributed by atoms with E-state index in [2.05, 4.69) is 0 Å². The smallest absolute Gasteiger partial charge is 0.190 e. The molecule has 0 amide bonds. The van der Waals surface area contributed by atoms with E-state index in [1.807, 2.05) is 44.2 Å². The average Bonchev–Trinajstić information content (AvgIpc) is 3.44. The summed E-state index contributed by atoms with van der Waals surface area (Å²) in [7, 11) is 0. The molecule has 9 nitrogen and oxygen atoms in total. The van der Waals surface area contributed by atoms with Crippen LogP contribution >= 0.6 is 11.8 Å². The second-order valence-electron chi connectivity index (χ2n) is 10.3. The van der Waals surface area contributed by atoms with Crippen LogP contribution < -0.4 is 0 Å². The summed E-state index contributed by atoms with van der Waals surface area (Å²) >= 11 is 1.46. The number of carbonyl (C=O) groups is 1. The van der Waals surface area contributed by atoms with Gasteiger partial charge in [0.1, 0.15) is 30.5 Å². The molecule has 5 fully saturated rings. The van der Waals surface area contributed by atoms with Gasteiger partial charge in [0.25, 0.3) is 0 Å². The van der Waals surface area contributed by atoms with Crippen molar-refractivity contribution < 1.29 is 43.1 Å². The van der Waals surface area contributed by atoms with Crippen molar-refractivity contribution in [2.24, 2.45) is 5.92 Å². The lowest BCUT2D eigenvalue weighted by Gasteiger charge is -2.44. The molecule has 0 aromatic heterocycles. The van der Waals surface area contributed by atoms with Gasteiger partial charge in [-0.25, -0.2) is 0 Å². The van der Waals surface area contributed by atoms with Gasteiger partial charge < -0.3 is 38.3 Å². The van der Waals surface area contributed by atoms with Gasteiger partial charge in [0.2, 0.25) is 0 Å². The molecule has 1 aromatic rings. The lowest BCUT2D eigenvalue weighted by Crippen LogP contribution is -2.63. The van der Waals surface area contributed by atoms with Crippen molar-refractivity contribution in [2.75, 3.05) is 6.61 Å². The highest BCUT2D eigenvalue weighted by atomic mass is 32.2. The second kappa shape index (κ2) is 8.22. The lowest BCUT2D eigenvalue weighted by molar-refractivity contribution is -0.259. The molecule has 0 radical (unpaired) electrons. The largest absolute Gasteiger partial charge is 0.390 e. The molecule has 2 bridgehead atoms. The van der Waals surface area contributed by atoms with Crippen molar-refractivity contribution in [1.82, 2.24) is 0 Å². The maximum Gasteiger partial charge on any atom is 0.190 e. The molecular weight excluding hydrogens is 464 g/mol. The number of Topliss-reactive ketones (excluding diaryl/α,β-unsaturated/α-hetero) is 1. The van der Waals surface area contributed by atoms with E-state index in [1.54, 1.807) is 13.8 Å². The fourth-order valence-corrected chi connectivity index (χ4v) is 6.88. The zero-order valence-corrected chi connectivity index (χ0v) is 20.3. The number of benzene rings is 1.